The predicted molar refractivity (Wildman–Crippen MR) is 75.3 cm³/mol. The highest BCUT2D eigenvalue weighted by molar-refractivity contribution is 7.18. The quantitative estimate of drug-likeness (QED) is 0.877. The van der Waals surface area contributed by atoms with Gasteiger partial charge in [-0.3, -0.25) is 4.90 Å². The van der Waals surface area contributed by atoms with Crippen LogP contribution in [0.3, 0.4) is 0 Å². The molecule has 0 saturated heterocycles. The van der Waals surface area contributed by atoms with E-state index in [1.54, 1.807) is 11.3 Å². The maximum atomic E-state index is 8.87. The predicted octanol–water partition coefficient (Wildman–Crippen LogP) is 2.39. The molecule has 2 aromatic heterocycles. The Morgan fingerprint density at radius 1 is 1.33 bits per heavy atom. The zero-order valence-corrected chi connectivity index (χ0v) is 12.3. The molecule has 2 rings (SSSR count). The molecule has 0 fully saturated rings. The van der Waals surface area contributed by atoms with Gasteiger partial charge in [0.2, 0.25) is 0 Å². The summed E-state index contributed by atoms with van der Waals surface area (Å²) >= 11 is 7.87. The van der Waals surface area contributed by atoms with E-state index in [4.69, 9.17) is 16.7 Å². The first-order valence-corrected chi connectivity index (χ1v) is 6.94. The number of aryl methyl sites for hydroxylation is 2. The van der Waals surface area contributed by atoms with E-state index >= 15 is 0 Å². The van der Waals surface area contributed by atoms with E-state index in [1.807, 2.05) is 18.9 Å². The first-order chi connectivity index (χ1) is 8.52. The van der Waals surface area contributed by atoms with E-state index in [1.165, 1.54) is 4.88 Å². The third-order valence-corrected chi connectivity index (χ3v) is 4.30. The maximum Gasteiger partial charge on any atom is 0.145 e. The summed E-state index contributed by atoms with van der Waals surface area (Å²) in [6.45, 7) is 5.42. The van der Waals surface area contributed by atoms with Crippen molar-refractivity contribution >= 4 is 33.2 Å². The lowest BCUT2D eigenvalue weighted by Gasteiger charge is -2.13. The standard InChI is InChI=1S/C12H16ClN3OS/c1-7-8(2)18-12-10(7)11(13)14-9(15-12)6-16(3)4-5-17/h17H,4-6H2,1-3H3. The molecule has 0 aliphatic carbocycles. The zero-order chi connectivity index (χ0) is 13.3. The van der Waals surface area contributed by atoms with E-state index in [2.05, 4.69) is 16.9 Å². The number of fused-ring (bicyclic) bond motifs is 1. The number of nitrogens with zero attached hydrogens (tertiary/aromatic N) is 3. The van der Waals surface area contributed by atoms with Crippen LogP contribution in [0.4, 0.5) is 0 Å². The fourth-order valence-electron chi connectivity index (χ4n) is 1.80. The molecule has 2 heterocycles. The molecule has 6 heteroatoms. The van der Waals surface area contributed by atoms with Crippen LogP contribution in [-0.4, -0.2) is 40.2 Å². The van der Waals surface area contributed by atoms with Crippen LogP contribution in [0.5, 0.6) is 0 Å². The fraction of sp³-hybridized carbons (Fsp3) is 0.500. The Morgan fingerprint density at radius 3 is 2.72 bits per heavy atom. The molecule has 0 amide bonds. The Bertz CT molecular complexity index is 570. The number of hydrogen-bond donors (Lipinski definition) is 1. The van der Waals surface area contributed by atoms with Crippen LogP contribution in [0.2, 0.25) is 5.15 Å². The summed E-state index contributed by atoms with van der Waals surface area (Å²) in [5.41, 5.74) is 1.16. The van der Waals surface area contributed by atoms with Crippen LogP contribution in [0.1, 0.15) is 16.3 Å². The third-order valence-electron chi connectivity index (χ3n) is 2.92. The number of aliphatic hydroxyl groups is 1. The van der Waals surface area contributed by atoms with Gasteiger partial charge in [-0.2, -0.15) is 0 Å². The highest BCUT2D eigenvalue weighted by Crippen LogP contribution is 2.32. The van der Waals surface area contributed by atoms with Gasteiger partial charge in [0.15, 0.2) is 0 Å². The molecule has 4 nitrogen and oxygen atoms in total. The minimum atomic E-state index is 0.129. The molecule has 0 unspecified atom stereocenters. The Hall–Kier alpha value is -0.750. The highest BCUT2D eigenvalue weighted by atomic mass is 35.5. The van der Waals surface area contributed by atoms with Crippen LogP contribution in [0.25, 0.3) is 10.2 Å². The smallest absolute Gasteiger partial charge is 0.145 e. The zero-order valence-electron chi connectivity index (χ0n) is 10.7. The van der Waals surface area contributed by atoms with Crippen molar-refractivity contribution < 1.29 is 5.11 Å². The van der Waals surface area contributed by atoms with Crippen LogP contribution < -0.4 is 0 Å². The van der Waals surface area contributed by atoms with Crippen LogP contribution in [0, 0.1) is 13.8 Å². The summed E-state index contributed by atoms with van der Waals surface area (Å²) < 4.78 is 0. The second kappa shape index (κ2) is 5.48. The molecule has 0 aromatic carbocycles. The van der Waals surface area contributed by atoms with Gasteiger partial charge in [-0.15, -0.1) is 11.3 Å². The molecule has 18 heavy (non-hydrogen) atoms. The molecule has 1 N–H and O–H groups in total. The van der Waals surface area contributed by atoms with Gasteiger partial charge in [-0.25, -0.2) is 9.97 Å². The molecule has 0 spiro atoms. The molecule has 2 aromatic rings. The molecule has 98 valence electrons. The van der Waals surface area contributed by atoms with E-state index in [0.29, 0.717) is 24.1 Å². The van der Waals surface area contributed by atoms with E-state index in [9.17, 15) is 0 Å². The molecule has 0 aliphatic rings. The Morgan fingerprint density at radius 2 is 2.06 bits per heavy atom. The van der Waals surface area contributed by atoms with Gasteiger partial charge in [-0.1, -0.05) is 11.6 Å². The molecule has 0 saturated carbocycles. The Labute approximate surface area is 115 Å². The second-order valence-corrected chi connectivity index (χ2v) is 5.92. The van der Waals surface area contributed by atoms with Crippen molar-refractivity contribution in [1.82, 2.24) is 14.9 Å². The second-order valence-electron chi connectivity index (χ2n) is 4.36. The van der Waals surface area contributed by atoms with Crippen molar-refractivity contribution in [1.29, 1.82) is 0 Å². The van der Waals surface area contributed by atoms with Crippen molar-refractivity contribution in [3.8, 4) is 0 Å². The fourth-order valence-corrected chi connectivity index (χ4v) is 3.24. The van der Waals surface area contributed by atoms with Gasteiger partial charge in [0, 0.05) is 11.4 Å². The van der Waals surface area contributed by atoms with Gasteiger partial charge in [0.25, 0.3) is 0 Å². The number of thiophene rings is 1. The van der Waals surface area contributed by atoms with E-state index < -0.39 is 0 Å². The van der Waals surface area contributed by atoms with Crippen LogP contribution in [-0.2, 0) is 6.54 Å². The number of aliphatic hydroxyl groups excluding tert-OH is 1. The number of rotatable bonds is 4. The van der Waals surface area contributed by atoms with Crippen LogP contribution in [0.15, 0.2) is 0 Å². The summed E-state index contributed by atoms with van der Waals surface area (Å²) in [5.74, 6) is 0.699. The van der Waals surface area contributed by atoms with Gasteiger partial charge < -0.3 is 5.11 Å². The average molecular weight is 286 g/mol. The van der Waals surface area contributed by atoms with Gasteiger partial charge in [0.05, 0.1) is 18.5 Å². The number of hydrogen-bond acceptors (Lipinski definition) is 5. The molecule has 0 radical (unpaired) electrons. The SMILES string of the molecule is Cc1sc2nc(CN(C)CCO)nc(Cl)c2c1C. The molecular weight excluding hydrogens is 270 g/mol. The van der Waals surface area contributed by atoms with Crippen molar-refractivity contribution in [2.75, 3.05) is 20.2 Å². The topological polar surface area (TPSA) is 49.2 Å². The summed E-state index contributed by atoms with van der Waals surface area (Å²) in [6, 6.07) is 0. The van der Waals surface area contributed by atoms with Crippen molar-refractivity contribution in [2.45, 2.75) is 20.4 Å². The molecular formula is C12H16ClN3OS. The lowest BCUT2D eigenvalue weighted by atomic mass is 10.2. The number of aromatic nitrogens is 2. The van der Waals surface area contributed by atoms with Gasteiger partial charge >= 0.3 is 0 Å². The normalized spacial score (nSPS) is 11.7. The van der Waals surface area contributed by atoms with Gasteiger partial charge in [0.1, 0.15) is 15.8 Å². The number of likely N-dealkylation sites (N-methyl/N-ethyl adjacent to an activating group) is 1. The lowest BCUT2D eigenvalue weighted by Crippen LogP contribution is -2.22. The van der Waals surface area contributed by atoms with Crippen molar-refractivity contribution in [3.63, 3.8) is 0 Å². The number of halogens is 1. The molecule has 0 aliphatic heterocycles. The largest absolute Gasteiger partial charge is 0.395 e. The van der Waals surface area contributed by atoms with E-state index in [-0.39, 0.29) is 6.61 Å². The third kappa shape index (κ3) is 2.64. The summed E-state index contributed by atoms with van der Waals surface area (Å²) in [5, 5.41) is 10.4. The minimum absolute atomic E-state index is 0.129. The maximum absolute atomic E-state index is 8.87. The van der Waals surface area contributed by atoms with E-state index in [0.717, 1.165) is 15.8 Å². The average Bonchev–Trinajstić information content (AvgIpc) is 2.55. The Balaban J connectivity index is 2.37. The summed E-state index contributed by atoms with van der Waals surface area (Å²) in [7, 11) is 1.92. The summed E-state index contributed by atoms with van der Waals surface area (Å²) in [6.07, 6.45) is 0. The van der Waals surface area contributed by atoms with Crippen molar-refractivity contribution in [2.24, 2.45) is 0 Å². The minimum Gasteiger partial charge on any atom is -0.395 e. The monoisotopic (exact) mass is 285 g/mol. The lowest BCUT2D eigenvalue weighted by molar-refractivity contribution is 0.215. The van der Waals surface area contributed by atoms with Gasteiger partial charge in [-0.05, 0) is 26.5 Å². The Kier molecular flexibility index (Phi) is 4.17. The highest BCUT2D eigenvalue weighted by Gasteiger charge is 2.13. The first kappa shape index (κ1) is 13.7. The molecule has 0 bridgehead atoms. The van der Waals surface area contributed by atoms with Crippen molar-refractivity contribution in [3.05, 3.63) is 21.4 Å². The van der Waals surface area contributed by atoms with Crippen LogP contribution >= 0.6 is 22.9 Å². The summed E-state index contributed by atoms with van der Waals surface area (Å²) in [4.78, 5) is 13.0. The first-order valence-electron chi connectivity index (χ1n) is 5.74. The molecule has 0 atom stereocenters.